The lowest BCUT2D eigenvalue weighted by Crippen LogP contribution is -2.43. The van der Waals surface area contributed by atoms with Gasteiger partial charge in [0.15, 0.2) is 5.78 Å². The Morgan fingerprint density at radius 1 is 0.875 bits per heavy atom. The van der Waals surface area contributed by atoms with E-state index in [0.29, 0.717) is 19.8 Å². The van der Waals surface area contributed by atoms with Crippen molar-refractivity contribution in [1.29, 1.82) is 0 Å². The van der Waals surface area contributed by atoms with Crippen molar-refractivity contribution in [2.45, 2.75) is 77.9 Å². The fraction of sp³-hybridized carbons (Fsp3) is 0.889. The summed E-state index contributed by atoms with van der Waals surface area (Å²) in [5.41, 5.74) is 5.31. The largest absolute Gasteiger partial charge is 0.374 e. The Balaban J connectivity index is 4.77. The van der Waals surface area contributed by atoms with E-state index in [9.17, 15) is 9.59 Å². The molecule has 0 bridgehead atoms. The van der Waals surface area contributed by atoms with Gasteiger partial charge in [0, 0.05) is 19.8 Å². The molecule has 1 unspecified atom stereocenters. The number of hydrogen-bond donors (Lipinski definition) is 1. The molecule has 6 nitrogen and oxygen atoms in total. The van der Waals surface area contributed by atoms with E-state index < -0.39 is 18.1 Å². The summed E-state index contributed by atoms with van der Waals surface area (Å²) in [6, 6.07) is 0. The smallest absolute Gasteiger partial charge is 0.220 e. The number of nitrogens with two attached hydrogens (primary N) is 1. The molecular weight excluding hydrogens is 310 g/mol. The average Bonchev–Trinajstić information content (AvgIpc) is 2.54. The van der Waals surface area contributed by atoms with E-state index in [4.69, 9.17) is 19.9 Å². The quantitative estimate of drug-likeness (QED) is 0.409. The van der Waals surface area contributed by atoms with Gasteiger partial charge in [-0.1, -0.05) is 40.0 Å². The first-order valence-electron chi connectivity index (χ1n) is 9.18. The van der Waals surface area contributed by atoms with E-state index in [1.165, 1.54) is 0 Å². The van der Waals surface area contributed by atoms with Crippen LogP contribution in [0.5, 0.6) is 0 Å². The molecule has 0 radical (unpaired) electrons. The van der Waals surface area contributed by atoms with Crippen molar-refractivity contribution in [2.75, 3.05) is 26.4 Å². The molecule has 0 saturated heterocycles. The molecule has 0 aromatic heterocycles. The molecule has 0 aromatic carbocycles. The third-order valence-electron chi connectivity index (χ3n) is 3.57. The number of Topliss-reactive ketones (excluding diaryl/α,β-unsaturated/α-hetero) is 1. The lowest BCUT2D eigenvalue weighted by atomic mass is 10.1. The van der Waals surface area contributed by atoms with Gasteiger partial charge in [-0.3, -0.25) is 9.59 Å². The van der Waals surface area contributed by atoms with Crippen LogP contribution in [0.3, 0.4) is 0 Å². The Morgan fingerprint density at radius 2 is 1.42 bits per heavy atom. The molecule has 0 aliphatic heterocycles. The molecule has 0 aliphatic carbocycles. The van der Waals surface area contributed by atoms with Crippen molar-refractivity contribution >= 4 is 11.7 Å². The van der Waals surface area contributed by atoms with Crippen molar-refractivity contribution < 1.29 is 23.8 Å². The fourth-order valence-corrected chi connectivity index (χ4v) is 2.09. The summed E-state index contributed by atoms with van der Waals surface area (Å²) < 4.78 is 16.9. The molecule has 2 N–H and O–H groups in total. The maximum absolute atomic E-state index is 12.5. The van der Waals surface area contributed by atoms with Crippen LogP contribution in [0.1, 0.15) is 65.7 Å². The van der Waals surface area contributed by atoms with E-state index in [-0.39, 0.29) is 18.8 Å². The standard InChI is InChI=1S/C18H35NO5/c1-4-7-10-22-14-15(20)18(24-12-9-6-3)16(13-17(19)21)23-11-8-5-2/h16,18H,4-14H2,1-3H3,(H2,19,21)/t16?,18-/m0/s1. The monoisotopic (exact) mass is 345 g/mol. The van der Waals surface area contributed by atoms with Gasteiger partial charge in [0.2, 0.25) is 5.91 Å². The third kappa shape index (κ3) is 11.5. The zero-order valence-corrected chi connectivity index (χ0v) is 15.6. The van der Waals surface area contributed by atoms with Crippen LogP contribution in [0.25, 0.3) is 0 Å². The molecule has 0 fully saturated rings. The molecular formula is C18H35NO5. The minimum Gasteiger partial charge on any atom is -0.374 e. The summed E-state index contributed by atoms with van der Waals surface area (Å²) in [4.78, 5) is 23.8. The van der Waals surface area contributed by atoms with Gasteiger partial charge in [0.25, 0.3) is 0 Å². The summed E-state index contributed by atoms with van der Waals surface area (Å²) in [6.45, 7) is 7.61. The Bertz CT molecular complexity index is 335. The van der Waals surface area contributed by atoms with E-state index in [1.807, 2.05) is 6.92 Å². The topological polar surface area (TPSA) is 87.9 Å². The van der Waals surface area contributed by atoms with Crippen molar-refractivity contribution in [2.24, 2.45) is 5.73 Å². The number of amides is 1. The van der Waals surface area contributed by atoms with Crippen LogP contribution in [-0.4, -0.2) is 50.3 Å². The van der Waals surface area contributed by atoms with Crippen molar-refractivity contribution in [3.05, 3.63) is 0 Å². The van der Waals surface area contributed by atoms with Gasteiger partial charge in [-0.15, -0.1) is 0 Å². The van der Waals surface area contributed by atoms with Crippen LogP contribution in [0.15, 0.2) is 0 Å². The van der Waals surface area contributed by atoms with E-state index in [2.05, 4.69) is 13.8 Å². The van der Waals surface area contributed by atoms with Crippen LogP contribution < -0.4 is 5.73 Å². The number of ether oxygens (including phenoxy) is 3. The van der Waals surface area contributed by atoms with Crippen LogP contribution in [0.2, 0.25) is 0 Å². The highest BCUT2D eigenvalue weighted by molar-refractivity contribution is 5.86. The molecule has 6 heteroatoms. The zero-order chi connectivity index (χ0) is 18.2. The van der Waals surface area contributed by atoms with Crippen LogP contribution in [0, 0.1) is 0 Å². The van der Waals surface area contributed by atoms with Gasteiger partial charge in [0.1, 0.15) is 12.7 Å². The minimum atomic E-state index is -0.803. The number of ketones is 1. The maximum atomic E-state index is 12.5. The number of hydrogen-bond acceptors (Lipinski definition) is 5. The van der Waals surface area contributed by atoms with Crippen molar-refractivity contribution in [3.63, 3.8) is 0 Å². The Morgan fingerprint density at radius 3 is 1.96 bits per heavy atom. The van der Waals surface area contributed by atoms with Gasteiger partial charge in [-0.2, -0.15) is 0 Å². The summed E-state index contributed by atoms with van der Waals surface area (Å²) in [5.74, 6) is -0.690. The number of carbonyl (C=O) groups is 2. The lowest BCUT2D eigenvalue weighted by Gasteiger charge is -2.26. The van der Waals surface area contributed by atoms with E-state index >= 15 is 0 Å². The van der Waals surface area contributed by atoms with Gasteiger partial charge in [0.05, 0.1) is 12.5 Å². The summed E-state index contributed by atoms with van der Waals surface area (Å²) >= 11 is 0. The summed E-state index contributed by atoms with van der Waals surface area (Å²) in [7, 11) is 0. The average molecular weight is 345 g/mol. The first-order chi connectivity index (χ1) is 11.6. The molecule has 0 aliphatic rings. The fourth-order valence-electron chi connectivity index (χ4n) is 2.09. The van der Waals surface area contributed by atoms with Crippen LogP contribution in [0.4, 0.5) is 0 Å². The number of carbonyl (C=O) groups excluding carboxylic acids is 2. The lowest BCUT2D eigenvalue weighted by molar-refractivity contribution is -0.149. The predicted molar refractivity (Wildman–Crippen MR) is 93.8 cm³/mol. The second-order valence-electron chi connectivity index (χ2n) is 5.95. The molecule has 1 amide bonds. The number of primary amides is 1. The molecule has 142 valence electrons. The highest BCUT2D eigenvalue weighted by atomic mass is 16.5. The summed E-state index contributed by atoms with van der Waals surface area (Å²) in [6.07, 6.45) is 4.08. The third-order valence-corrected chi connectivity index (χ3v) is 3.57. The SMILES string of the molecule is CCCCOCC(=O)[C@H](OCCCC)C(CC(N)=O)OCCCC. The number of unbranched alkanes of at least 4 members (excludes halogenated alkanes) is 3. The van der Waals surface area contributed by atoms with Crippen molar-refractivity contribution in [1.82, 2.24) is 0 Å². The number of rotatable bonds is 17. The second kappa shape index (κ2) is 15.5. The van der Waals surface area contributed by atoms with Crippen molar-refractivity contribution in [3.8, 4) is 0 Å². The highest BCUT2D eigenvalue weighted by Gasteiger charge is 2.31. The maximum Gasteiger partial charge on any atom is 0.220 e. The molecule has 0 saturated carbocycles. The molecule has 0 heterocycles. The Kier molecular flexibility index (Phi) is 14.9. The zero-order valence-electron chi connectivity index (χ0n) is 15.6. The molecule has 0 aromatic rings. The van der Waals surface area contributed by atoms with E-state index in [0.717, 1.165) is 38.5 Å². The van der Waals surface area contributed by atoms with Gasteiger partial charge >= 0.3 is 0 Å². The molecule has 0 spiro atoms. The molecule has 0 rings (SSSR count). The predicted octanol–water partition coefficient (Wildman–Crippen LogP) is 2.62. The first kappa shape index (κ1) is 23.0. The first-order valence-corrected chi connectivity index (χ1v) is 9.18. The van der Waals surface area contributed by atoms with E-state index in [1.54, 1.807) is 0 Å². The minimum absolute atomic E-state index is 0.0246. The second-order valence-corrected chi connectivity index (χ2v) is 5.95. The Labute approximate surface area is 146 Å². The normalized spacial score (nSPS) is 13.6. The van der Waals surface area contributed by atoms with Crippen LogP contribution in [-0.2, 0) is 23.8 Å². The van der Waals surface area contributed by atoms with Gasteiger partial charge in [-0.05, 0) is 19.3 Å². The van der Waals surface area contributed by atoms with Gasteiger partial charge < -0.3 is 19.9 Å². The summed E-state index contributed by atoms with van der Waals surface area (Å²) in [5, 5.41) is 0. The Hall–Kier alpha value is -0.980. The molecule has 24 heavy (non-hydrogen) atoms. The highest BCUT2D eigenvalue weighted by Crippen LogP contribution is 2.13. The van der Waals surface area contributed by atoms with Gasteiger partial charge in [-0.25, -0.2) is 0 Å². The molecule has 2 atom stereocenters. The van der Waals surface area contributed by atoms with Crippen LogP contribution >= 0.6 is 0 Å².